The van der Waals surface area contributed by atoms with Gasteiger partial charge < -0.3 is 10.2 Å². The topological polar surface area (TPSA) is 74.5 Å². The van der Waals surface area contributed by atoms with Crippen molar-refractivity contribution in [1.82, 2.24) is 20.1 Å². The number of nitrogens with zero attached hydrogens (tertiary/aromatic N) is 4. The van der Waals surface area contributed by atoms with Crippen LogP contribution in [0.4, 0.5) is 5.69 Å². The third-order valence-electron chi connectivity index (χ3n) is 4.22. The van der Waals surface area contributed by atoms with Gasteiger partial charge in [0.05, 0.1) is 12.2 Å². The maximum atomic E-state index is 12.3. The largest absolute Gasteiger partial charge is 0.323 e. The van der Waals surface area contributed by atoms with E-state index in [1.54, 1.807) is 6.07 Å². The number of carbonyl (C=O) groups excluding carboxylic acids is 1. The fourth-order valence-corrected chi connectivity index (χ4v) is 2.85. The number of benzene rings is 1. The molecule has 0 bridgehead atoms. The average Bonchev–Trinajstić information content (AvgIpc) is 3.04. The Labute approximate surface area is 135 Å². The molecule has 2 heterocycles. The van der Waals surface area contributed by atoms with Crippen molar-refractivity contribution in [3.8, 4) is 0 Å². The van der Waals surface area contributed by atoms with Crippen LogP contribution in [-0.2, 0) is 4.79 Å². The number of hydrogen-bond donors (Lipinski definition) is 1. The van der Waals surface area contributed by atoms with E-state index in [0.717, 1.165) is 32.7 Å². The molecule has 1 amide bonds. The summed E-state index contributed by atoms with van der Waals surface area (Å²) in [4.78, 5) is 16.9. The molecule has 7 nitrogen and oxygen atoms in total. The zero-order chi connectivity index (χ0) is 16.1. The van der Waals surface area contributed by atoms with Crippen LogP contribution in [0.1, 0.15) is 19.8 Å². The number of anilines is 1. The van der Waals surface area contributed by atoms with Crippen LogP contribution < -0.4 is 5.32 Å². The summed E-state index contributed by atoms with van der Waals surface area (Å²) in [6.07, 6.45) is 2.47. The normalized spacial score (nSPS) is 16.7. The number of unbranched alkanes of at least 4 members (excludes halogenated alkanes) is 1. The summed E-state index contributed by atoms with van der Waals surface area (Å²) in [6.45, 7) is 7.73. The van der Waals surface area contributed by atoms with Gasteiger partial charge in [-0.25, -0.2) is 4.63 Å². The number of amides is 1. The van der Waals surface area contributed by atoms with Gasteiger partial charge in [0.25, 0.3) is 0 Å². The molecule has 0 spiro atoms. The van der Waals surface area contributed by atoms with E-state index in [1.165, 1.54) is 12.8 Å². The van der Waals surface area contributed by atoms with E-state index in [4.69, 9.17) is 4.63 Å². The predicted octanol–water partition coefficient (Wildman–Crippen LogP) is 1.58. The molecule has 1 aromatic carbocycles. The summed E-state index contributed by atoms with van der Waals surface area (Å²) in [5.74, 6) is -0.0255. The summed E-state index contributed by atoms with van der Waals surface area (Å²) in [6, 6.07) is 5.44. The summed E-state index contributed by atoms with van der Waals surface area (Å²) in [5.41, 5.74) is 1.88. The zero-order valence-electron chi connectivity index (χ0n) is 13.5. The first-order valence-corrected chi connectivity index (χ1v) is 8.22. The van der Waals surface area contributed by atoms with Gasteiger partial charge in [0, 0.05) is 26.2 Å². The molecule has 1 N–H and O–H groups in total. The van der Waals surface area contributed by atoms with Gasteiger partial charge in [-0.1, -0.05) is 19.4 Å². The average molecular weight is 317 g/mol. The number of rotatable bonds is 6. The van der Waals surface area contributed by atoms with Gasteiger partial charge in [0.2, 0.25) is 5.91 Å². The molecule has 23 heavy (non-hydrogen) atoms. The van der Waals surface area contributed by atoms with Gasteiger partial charge in [-0.2, -0.15) is 0 Å². The van der Waals surface area contributed by atoms with Crippen LogP contribution in [0, 0.1) is 0 Å². The molecule has 0 saturated carbocycles. The maximum Gasteiger partial charge on any atom is 0.238 e. The van der Waals surface area contributed by atoms with Crippen LogP contribution in [-0.4, -0.2) is 65.3 Å². The van der Waals surface area contributed by atoms with E-state index >= 15 is 0 Å². The molecule has 1 aliphatic rings. The van der Waals surface area contributed by atoms with E-state index < -0.39 is 0 Å². The number of piperazine rings is 1. The van der Waals surface area contributed by atoms with Crippen LogP contribution >= 0.6 is 0 Å². The maximum absolute atomic E-state index is 12.3. The van der Waals surface area contributed by atoms with Crippen molar-refractivity contribution < 1.29 is 9.42 Å². The molecule has 2 aromatic rings. The SMILES string of the molecule is CCCCN1CCN(CC(=O)Nc2cccc3nonc23)CC1. The Morgan fingerprint density at radius 2 is 2.00 bits per heavy atom. The quantitative estimate of drug-likeness (QED) is 0.872. The number of nitrogens with one attached hydrogen (secondary N) is 1. The van der Waals surface area contributed by atoms with Crippen molar-refractivity contribution in [3.05, 3.63) is 18.2 Å². The second kappa shape index (κ2) is 7.52. The van der Waals surface area contributed by atoms with Gasteiger partial charge in [0.1, 0.15) is 5.52 Å². The molecular formula is C16H23N5O2. The molecule has 0 unspecified atom stereocenters. The highest BCUT2D eigenvalue weighted by atomic mass is 16.6. The van der Waals surface area contributed by atoms with Crippen molar-refractivity contribution in [2.24, 2.45) is 0 Å². The van der Waals surface area contributed by atoms with Crippen LogP contribution in [0.2, 0.25) is 0 Å². The number of fused-ring (bicyclic) bond motifs is 1. The predicted molar refractivity (Wildman–Crippen MR) is 88.2 cm³/mol. The Balaban J connectivity index is 1.50. The van der Waals surface area contributed by atoms with Crippen molar-refractivity contribution >= 4 is 22.6 Å². The minimum absolute atomic E-state index is 0.0255. The minimum atomic E-state index is -0.0255. The molecule has 0 aliphatic carbocycles. The second-order valence-electron chi connectivity index (χ2n) is 5.96. The standard InChI is InChI=1S/C16H23N5O2/c1-2-3-7-20-8-10-21(11-9-20)12-15(22)17-13-5-4-6-14-16(13)19-23-18-14/h4-6H,2-3,7-12H2,1H3,(H,17,22). The first-order valence-electron chi connectivity index (χ1n) is 8.22. The van der Waals surface area contributed by atoms with E-state index in [9.17, 15) is 4.79 Å². The van der Waals surface area contributed by atoms with Gasteiger partial charge >= 0.3 is 0 Å². The lowest BCUT2D eigenvalue weighted by Crippen LogP contribution is -2.48. The molecule has 3 rings (SSSR count). The van der Waals surface area contributed by atoms with Crippen LogP contribution in [0.5, 0.6) is 0 Å². The van der Waals surface area contributed by atoms with Crippen LogP contribution in [0.25, 0.3) is 11.0 Å². The van der Waals surface area contributed by atoms with Crippen molar-refractivity contribution in [2.75, 3.05) is 44.6 Å². The molecule has 1 saturated heterocycles. The van der Waals surface area contributed by atoms with Gasteiger partial charge in [-0.15, -0.1) is 0 Å². The van der Waals surface area contributed by atoms with E-state index in [-0.39, 0.29) is 5.91 Å². The smallest absolute Gasteiger partial charge is 0.238 e. The third kappa shape index (κ3) is 4.05. The third-order valence-corrected chi connectivity index (χ3v) is 4.22. The molecule has 0 radical (unpaired) electrons. The Hall–Kier alpha value is -1.99. The molecule has 7 heteroatoms. The van der Waals surface area contributed by atoms with Gasteiger partial charge in [-0.05, 0) is 35.4 Å². The molecule has 1 fully saturated rings. The van der Waals surface area contributed by atoms with Crippen molar-refractivity contribution in [2.45, 2.75) is 19.8 Å². The molecule has 0 atom stereocenters. The van der Waals surface area contributed by atoms with Crippen molar-refractivity contribution in [3.63, 3.8) is 0 Å². The Bertz CT molecular complexity index is 649. The van der Waals surface area contributed by atoms with Gasteiger partial charge in [0.15, 0.2) is 5.52 Å². The van der Waals surface area contributed by atoms with Gasteiger partial charge in [-0.3, -0.25) is 9.69 Å². The number of aromatic nitrogens is 2. The monoisotopic (exact) mass is 317 g/mol. The van der Waals surface area contributed by atoms with Crippen LogP contribution in [0.3, 0.4) is 0 Å². The lowest BCUT2D eigenvalue weighted by molar-refractivity contribution is -0.117. The molecule has 1 aromatic heterocycles. The lowest BCUT2D eigenvalue weighted by Gasteiger charge is -2.34. The highest BCUT2D eigenvalue weighted by Gasteiger charge is 2.19. The van der Waals surface area contributed by atoms with E-state index in [0.29, 0.717) is 23.3 Å². The van der Waals surface area contributed by atoms with Crippen LogP contribution in [0.15, 0.2) is 22.8 Å². The van der Waals surface area contributed by atoms with Crippen molar-refractivity contribution in [1.29, 1.82) is 0 Å². The number of carbonyl (C=O) groups is 1. The molecular weight excluding hydrogens is 294 g/mol. The summed E-state index contributed by atoms with van der Waals surface area (Å²) >= 11 is 0. The molecule has 1 aliphatic heterocycles. The highest BCUT2D eigenvalue weighted by Crippen LogP contribution is 2.19. The fraction of sp³-hybridized carbons (Fsp3) is 0.562. The highest BCUT2D eigenvalue weighted by molar-refractivity contribution is 5.99. The van der Waals surface area contributed by atoms with E-state index in [1.807, 2.05) is 12.1 Å². The molecule has 124 valence electrons. The zero-order valence-corrected chi connectivity index (χ0v) is 13.5. The Morgan fingerprint density at radius 1 is 1.22 bits per heavy atom. The first kappa shape index (κ1) is 15.9. The summed E-state index contributed by atoms with van der Waals surface area (Å²) in [5, 5.41) is 10.5. The Kier molecular flexibility index (Phi) is 5.19. The lowest BCUT2D eigenvalue weighted by atomic mass is 10.2. The second-order valence-corrected chi connectivity index (χ2v) is 5.96. The minimum Gasteiger partial charge on any atom is -0.323 e. The summed E-state index contributed by atoms with van der Waals surface area (Å²) < 4.78 is 4.71. The Morgan fingerprint density at radius 3 is 2.78 bits per heavy atom. The fourth-order valence-electron chi connectivity index (χ4n) is 2.85. The summed E-state index contributed by atoms with van der Waals surface area (Å²) in [7, 11) is 0. The number of hydrogen-bond acceptors (Lipinski definition) is 6. The first-order chi connectivity index (χ1) is 11.3. The van der Waals surface area contributed by atoms with E-state index in [2.05, 4.69) is 32.4 Å².